The van der Waals surface area contributed by atoms with Gasteiger partial charge in [-0.1, -0.05) is 60.7 Å². The molecule has 0 saturated carbocycles. The molecule has 0 radical (unpaired) electrons. The molecule has 1 amide bonds. The molecular weight excluding hydrogens is 558 g/mol. The standard InChI is InChI=1S/C28H25NO11S/c1-3-34-25(30)20(29-26(31)35-14-22-24(40-27(32)39-22)19-12-8-5-9-13-19)16-41-28(33)36-15-21-23(38-17(2)37-21)18-10-6-4-7-11-18/h4-13,20H,2-3,14-16H2,1H3,(H,29,31)/t20-/m0/s1. The van der Waals surface area contributed by atoms with E-state index in [4.69, 9.17) is 32.5 Å². The van der Waals surface area contributed by atoms with E-state index in [0.29, 0.717) is 28.6 Å². The van der Waals surface area contributed by atoms with Crippen molar-refractivity contribution < 1.29 is 46.9 Å². The van der Waals surface area contributed by atoms with Gasteiger partial charge in [-0.25, -0.2) is 19.2 Å². The Morgan fingerprint density at radius 1 is 0.902 bits per heavy atom. The number of carbonyl (C=O) groups excluding carboxylic acids is 3. The zero-order chi connectivity index (χ0) is 29.2. The highest BCUT2D eigenvalue weighted by Crippen LogP contribution is 2.32. The fraction of sp³-hybridized carbons (Fsp3) is 0.214. The van der Waals surface area contributed by atoms with E-state index < -0.39 is 35.8 Å². The molecule has 3 aromatic rings. The number of carbonyl (C=O) groups is 3. The van der Waals surface area contributed by atoms with Gasteiger partial charge >= 0.3 is 23.2 Å². The van der Waals surface area contributed by atoms with Crippen molar-refractivity contribution in [1.29, 1.82) is 0 Å². The van der Waals surface area contributed by atoms with Crippen molar-refractivity contribution in [3.8, 4) is 11.3 Å². The smallest absolute Gasteiger partial charge is 0.464 e. The molecule has 2 aromatic carbocycles. The Balaban J connectivity index is 1.32. The van der Waals surface area contributed by atoms with Gasteiger partial charge in [0.15, 0.2) is 36.3 Å². The maximum absolute atomic E-state index is 12.5. The largest absolute Gasteiger partial charge is 0.519 e. The molecule has 0 spiro atoms. The second kappa shape index (κ2) is 13.9. The highest BCUT2D eigenvalue weighted by Gasteiger charge is 2.27. The third-order valence-electron chi connectivity index (χ3n) is 5.31. The number of ether oxygens (including phenoxy) is 5. The molecule has 0 saturated heterocycles. The zero-order valence-corrected chi connectivity index (χ0v) is 22.6. The summed E-state index contributed by atoms with van der Waals surface area (Å²) in [5.74, 6) is -1.24. The van der Waals surface area contributed by atoms with Crippen molar-refractivity contribution in [2.45, 2.75) is 19.6 Å². The average molecular weight is 584 g/mol. The molecular formula is C28H25NO11S. The van der Waals surface area contributed by atoms with Gasteiger partial charge in [-0.2, -0.15) is 0 Å². The molecule has 41 heavy (non-hydrogen) atoms. The number of rotatable bonds is 11. The number of alkyl carbamates (subject to hydrolysis) is 1. The molecule has 0 unspecified atom stereocenters. The van der Waals surface area contributed by atoms with Gasteiger partial charge in [-0.3, -0.25) is 0 Å². The predicted octanol–water partition coefficient (Wildman–Crippen LogP) is 4.81. The predicted molar refractivity (Wildman–Crippen MR) is 145 cm³/mol. The van der Waals surface area contributed by atoms with E-state index in [2.05, 4.69) is 11.9 Å². The lowest BCUT2D eigenvalue weighted by molar-refractivity contribution is -0.144. The topological polar surface area (TPSA) is 153 Å². The van der Waals surface area contributed by atoms with E-state index in [-0.39, 0.29) is 42.2 Å². The molecule has 1 aliphatic rings. The number of thioether (sulfide) groups is 1. The molecule has 0 aliphatic carbocycles. The highest BCUT2D eigenvalue weighted by molar-refractivity contribution is 8.13. The van der Waals surface area contributed by atoms with Gasteiger partial charge in [0.05, 0.1) is 6.61 Å². The summed E-state index contributed by atoms with van der Waals surface area (Å²) in [6.45, 7) is 4.54. The molecule has 0 fully saturated rings. The van der Waals surface area contributed by atoms with Crippen LogP contribution in [-0.4, -0.2) is 42.4 Å². The molecule has 2 heterocycles. The monoisotopic (exact) mass is 583 g/mol. The molecule has 1 aromatic heterocycles. The minimum atomic E-state index is -1.25. The molecule has 12 nitrogen and oxygen atoms in total. The molecule has 1 N–H and O–H groups in total. The van der Waals surface area contributed by atoms with Crippen LogP contribution in [0.25, 0.3) is 17.1 Å². The molecule has 1 atom stereocenters. The van der Waals surface area contributed by atoms with E-state index in [1.165, 1.54) is 0 Å². The molecule has 0 bridgehead atoms. The summed E-state index contributed by atoms with van der Waals surface area (Å²) in [5, 5.41) is 1.60. The first-order valence-electron chi connectivity index (χ1n) is 12.2. The van der Waals surface area contributed by atoms with Crippen molar-refractivity contribution in [3.63, 3.8) is 0 Å². The van der Waals surface area contributed by atoms with Crippen molar-refractivity contribution in [3.05, 3.63) is 101 Å². The first-order valence-corrected chi connectivity index (χ1v) is 13.2. The molecule has 4 rings (SSSR count). The number of nitrogens with one attached hydrogen (secondary N) is 1. The molecule has 214 valence electrons. The van der Waals surface area contributed by atoms with Gasteiger partial charge in [0.2, 0.25) is 0 Å². The van der Waals surface area contributed by atoms with Crippen LogP contribution in [-0.2, 0) is 35.1 Å². The Hall–Kier alpha value is -4.91. The second-order valence-electron chi connectivity index (χ2n) is 8.14. The van der Waals surface area contributed by atoms with Gasteiger partial charge in [0, 0.05) is 16.9 Å². The lowest BCUT2D eigenvalue weighted by Crippen LogP contribution is -2.44. The minimum absolute atomic E-state index is 0.0213. The van der Waals surface area contributed by atoms with E-state index in [1.54, 1.807) is 49.4 Å². The van der Waals surface area contributed by atoms with E-state index >= 15 is 0 Å². The first kappa shape index (κ1) is 29.1. The maximum atomic E-state index is 12.5. The van der Waals surface area contributed by atoms with Gasteiger partial charge in [0.1, 0.15) is 6.04 Å². The Morgan fingerprint density at radius 2 is 1.59 bits per heavy atom. The van der Waals surface area contributed by atoms with Crippen LogP contribution in [0.3, 0.4) is 0 Å². The Kier molecular flexibility index (Phi) is 9.89. The molecule has 13 heteroatoms. The lowest BCUT2D eigenvalue weighted by Gasteiger charge is -2.16. The summed E-state index contributed by atoms with van der Waals surface area (Å²) in [4.78, 5) is 49.0. The summed E-state index contributed by atoms with van der Waals surface area (Å²) >= 11 is 0.631. The Bertz CT molecular complexity index is 1480. The van der Waals surface area contributed by atoms with Crippen molar-refractivity contribution >= 4 is 34.9 Å². The second-order valence-corrected chi connectivity index (χ2v) is 9.10. The van der Waals surface area contributed by atoms with Crippen LogP contribution < -0.4 is 11.1 Å². The average Bonchev–Trinajstić information content (AvgIpc) is 3.55. The van der Waals surface area contributed by atoms with Crippen molar-refractivity contribution in [1.82, 2.24) is 5.32 Å². The fourth-order valence-electron chi connectivity index (χ4n) is 3.54. The van der Waals surface area contributed by atoms with Crippen LogP contribution in [0.4, 0.5) is 9.59 Å². The Labute approximate surface area is 237 Å². The van der Waals surface area contributed by atoms with Crippen LogP contribution in [0.5, 0.6) is 0 Å². The summed E-state index contributed by atoms with van der Waals surface area (Å²) < 4.78 is 36.3. The SMILES string of the molecule is C=C1OC(COC(=O)SC[C@H](NC(=O)OCc2oc(=O)oc2-c2ccccc2)C(=O)OCC)=C(c2ccccc2)O1. The third-order valence-corrected chi connectivity index (χ3v) is 6.16. The summed E-state index contributed by atoms with van der Waals surface area (Å²) in [7, 11) is 0. The van der Waals surface area contributed by atoms with Crippen LogP contribution in [0, 0.1) is 0 Å². The summed E-state index contributed by atoms with van der Waals surface area (Å²) in [5.41, 5.74) is 1.25. The van der Waals surface area contributed by atoms with Gasteiger partial charge in [-0.05, 0) is 25.3 Å². The normalized spacial score (nSPS) is 13.1. The lowest BCUT2D eigenvalue weighted by atomic mass is 10.1. The van der Waals surface area contributed by atoms with E-state index in [9.17, 15) is 19.2 Å². The minimum Gasteiger partial charge on any atom is -0.464 e. The molecule has 1 aliphatic heterocycles. The summed E-state index contributed by atoms with van der Waals surface area (Å²) in [6, 6.07) is 16.4. The van der Waals surface area contributed by atoms with Crippen LogP contribution in [0.15, 0.2) is 92.6 Å². The van der Waals surface area contributed by atoms with E-state index in [1.807, 2.05) is 18.2 Å². The van der Waals surface area contributed by atoms with Crippen LogP contribution in [0.1, 0.15) is 18.2 Å². The first-order chi connectivity index (χ1) is 19.8. The van der Waals surface area contributed by atoms with Gasteiger partial charge in [-0.15, -0.1) is 0 Å². The number of hydrogen-bond donors (Lipinski definition) is 1. The van der Waals surface area contributed by atoms with Gasteiger partial charge in [0.25, 0.3) is 5.95 Å². The number of esters is 1. The quantitative estimate of drug-likeness (QED) is 0.243. The summed E-state index contributed by atoms with van der Waals surface area (Å²) in [6.07, 6.45) is -1.02. The fourth-order valence-corrected chi connectivity index (χ4v) is 4.20. The highest BCUT2D eigenvalue weighted by atomic mass is 32.2. The van der Waals surface area contributed by atoms with E-state index in [0.717, 1.165) is 0 Å². The number of hydrogen-bond acceptors (Lipinski definition) is 12. The maximum Gasteiger partial charge on any atom is 0.519 e. The Morgan fingerprint density at radius 3 is 2.27 bits per heavy atom. The van der Waals surface area contributed by atoms with Crippen molar-refractivity contribution in [2.24, 2.45) is 0 Å². The van der Waals surface area contributed by atoms with Crippen molar-refractivity contribution in [2.75, 3.05) is 19.0 Å². The zero-order valence-electron chi connectivity index (χ0n) is 21.8. The van der Waals surface area contributed by atoms with Crippen LogP contribution in [0.2, 0.25) is 0 Å². The third kappa shape index (κ3) is 8.05. The van der Waals surface area contributed by atoms with Crippen LogP contribution >= 0.6 is 11.8 Å². The number of benzene rings is 2. The van der Waals surface area contributed by atoms with Gasteiger partial charge < -0.3 is 37.8 Å². The number of amides is 1.